The first-order valence-corrected chi connectivity index (χ1v) is 7.83. The van der Waals surface area contributed by atoms with Gasteiger partial charge in [-0.3, -0.25) is 4.98 Å². The van der Waals surface area contributed by atoms with E-state index in [9.17, 15) is 5.11 Å². The summed E-state index contributed by atoms with van der Waals surface area (Å²) < 4.78 is 7.62. The first-order chi connectivity index (χ1) is 11.8. The van der Waals surface area contributed by atoms with Crippen molar-refractivity contribution >= 4 is 0 Å². The number of nitrogens with one attached hydrogen (secondary N) is 1. The van der Waals surface area contributed by atoms with Crippen LogP contribution in [0.2, 0.25) is 0 Å². The monoisotopic (exact) mass is 324 g/mol. The molecule has 0 amide bonds. The molecule has 0 saturated carbocycles. The lowest BCUT2D eigenvalue weighted by atomic mass is 10.1. The summed E-state index contributed by atoms with van der Waals surface area (Å²) in [4.78, 5) is 8.02. The number of aromatic nitrogens is 3. The van der Waals surface area contributed by atoms with E-state index in [1.54, 1.807) is 24.9 Å². The molecule has 2 N–H and O–H groups in total. The number of imidazole rings is 1. The number of rotatable bonds is 8. The third-order valence-electron chi connectivity index (χ3n) is 3.59. The maximum Gasteiger partial charge on any atom is 0.119 e. The average Bonchev–Trinajstić information content (AvgIpc) is 3.17. The first-order valence-electron chi connectivity index (χ1n) is 7.83. The summed E-state index contributed by atoms with van der Waals surface area (Å²) in [6, 6.07) is 11.5. The number of benzene rings is 1. The van der Waals surface area contributed by atoms with Crippen molar-refractivity contribution in [2.75, 3.05) is 19.7 Å². The van der Waals surface area contributed by atoms with Gasteiger partial charge in [0.05, 0.1) is 12.4 Å². The quantitative estimate of drug-likeness (QED) is 0.620. The van der Waals surface area contributed by atoms with Crippen molar-refractivity contribution in [2.45, 2.75) is 6.10 Å². The Bertz CT molecular complexity index is 715. The highest BCUT2D eigenvalue weighted by Crippen LogP contribution is 2.15. The second kappa shape index (κ2) is 8.24. The second-order valence-electron chi connectivity index (χ2n) is 5.32. The Labute approximate surface area is 140 Å². The molecule has 0 aliphatic rings. The standard InChI is InChI=1S/C18H20N4O2/c23-18(15-2-1-7-19-12-15)13-20-9-11-24-17-5-3-16(4-6-17)22-10-8-21-14-22/h1-8,10,12,14,18,20,23H,9,11,13H2/t18-/m0/s1. The summed E-state index contributed by atoms with van der Waals surface area (Å²) in [6.07, 6.45) is 8.20. The third kappa shape index (κ3) is 4.41. The van der Waals surface area contributed by atoms with Gasteiger partial charge in [0.1, 0.15) is 12.4 Å². The second-order valence-corrected chi connectivity index (χ2v) is 5.32. The molecule has 2 heterocycles. The van der Waals surface area contributed by atoms with Gasteiger partial charge >= 0.3 is 0 Å². The molecule has 6 heteroatoms. The van der Waals surface area contributed by atoms with Crippen molar-refractivity contribution in [3.8, 4) is 11.4 Å². The largest absolute Gasteiger partial charge is 0.492 e. The van der Waals surface area contributed by atoms with Crippen molar-refractivity contribution in [3.63, 3.8) is 0 Å². The molecule has 2 aromatic heterocycles. The summed E-state index contributed by atoms with van der Waals surface area (Å²) >= 11 is 0. The molecule has 6 nitrogen and oxygen atoms in total. The van der Waals surface area contributed by atoms with Crippen LogP contribution in [0, 0.1) is 0 Å². The molecule has 0 aliphatic carbocycles. The molecule has 0 bridgehead atoms. The number of hydrogen-bond donors (Lipinski definition) is 2. The van der Waals surface area contributed by atoms with Crippen molar-refractivity contribution in [1.29, 1.82) is 0 Å². The van der Waals surface area contributed by atoms with Gasteiger partial charge in [-0.15, -0.1) is 0 Å². The van der Waals surface area contributed by atoms with Crippen LogP contribution in [0.3, 0.4) is 0 Å². The molecule has 0 saturated heterocycles. The summed E-state index contributed by atoms with van der Waals surface area (Å²) in [5, 5.41) is 13.2. The molecule has 3 rings (SSSR count). The van der Waals surface area contributed by atoms with Crippen LogP contribution in [0.5, 0.6) is 5.75 Å². The van der Waals surface area contributed by atoms with Crippen LogP contribution < -0.4 is 10.1 Å². The van der Waals surface area contributed by atoms with Crippen LogP contribution in [-0.4, -0.2) is 39.3 Å². The maximum absolute atomic E-state index is 10.0. The van der Waals surface area contributed by atoms with Crippen LogP contribution in [0.1, 0.15) is 11.7 Å². The number of hydrogen-bond acceptors (Lipinski definition) is 5. The predicted molar refractivity (Wildman–Crippen MR) is 91.1 cm³/mol. The Morgan fingerprint density at radius 3 is 2.71 bits per heavy atom. The van der Waals surface area contributed by atoms with Gasteiger partial charge in [0.25, 0.3) is 0 Å². The molecule has 3 aromatic rings. The van der Waals surface area contributed by atoms with Gasteiger partial charge in [0.2, 0.25) is 0 Å². The van der Waals surface area contributed by atoms with Crippen molar-refractivity contribution < 1.29 is 9.84 Å². The first kappa shape index (κ1) is 16.2. The Hall–Kier alpha value is -2.70. The van der Waals surface area contributed by atoms with Crippen LogP contribution in [-0.2, 0) is 0 Å². The Morgan fingerprint density at radius 1 is 1.12 bits per heavy atom. The Balaban J connectivity index is 1.37. The maximum atomic E-state index is 10.0. The van der Waals surface area contributed by atoms with Crippen molar-refractivity contribution in [3.05, 3.63) is 73.1 Å². The highest BCUT2D eigenvalue weighted by molar-refractivity contribution is 5.37. The van der Waals surface area contributed by atoms with E-state index >= 15 is 0 Å². The van der Waals surface area contributed by atoms with E-state index in [-0.39, 0.29) is 0 Å². The third-order valence-corrected chi connectivity index (χ3v) is 3.59. The van der Waals surface area contributed by atoms with Crippen LogP contribution in [0.15, 0.2) is 67.5 Å². The fourth-order valence-electron chi connectivity index (χ4n) is 2.30. The zero-order valence-corrected chi connectivity index (χ0v) is 13.2. The lowest BCUT2D eigenvalue weighted by Gasteiger charge is -2.12. The summed E-state index contributed by atoms with van der Waals surface area (Å²) in [6.45, 7) is 1.65. The number of aliphatic hydroxyl groups excluding tert-OH is 1. The highest BCUT2D eigenvalue weighted by Gasteiger charge is 2.06. The van der Waals surface area contributed by atoms with E-state index in [1.165, 1.54) is 0 Å². The van der Waals surface area contributed by atoms with E-state index in [0.29, 0.717) is 19.7 Å². The molecule has 24 heavy (non-hydrogen) atoms. The average molecular weight is 324 g/mol. The zero-order valence-electron chi connectivity index (χ0n) is 13.2. The molecule has 1 aromatic carbocycles. The Kier molecular flexibility index (Phi) is 5.55. The van der Waals surface area contributed by atoms with E-state index in [1.807, 2.05) is 47.2 Å². The van der Waals surface area contributed by atoms with Gasteiger partial charge in [0.15, 0.2) is 0 Å². The Morgan fingerprint density at radius 2 is 2.00 bits per heavy atom. The van der Waals surface area contributed by atoms with Gasteiger partial charge in [-0.05, 0) is 30.3 Å². The van der Waals surface area contributed by atoms with E-state index in [4.69, 9.17) is 4.74 Å². The highest BCUT2D eigenvalue weighted by atomic mass is 16.5. The SMILES string of the molecule is O[C@@H](CNCCOc1ccc(-n2ccnc2)cc1)c1cccnc1. The predicted octanol–water partition coefficient (Wildman–Crippen LogP) is 1.97. The van der Waals surface area contributed by atoms with Gasteiger partial charge in [-0.2, -0.15) is 0 Å². The molecule has 0 fully saturated rings. The smallest absolute Gasteiger partial charge is 0.119 e. The van der Waals surface area contributed by atoms with Crippen molar-refractivity contribution in [2.24, 2.45) is 0 Å². The number of pyridine rings is 1. The van der Waals surface area contributed by atoms with Gasteiger partial charge in [-0.1, -0.05) is 6.07 Å². The van der Waals surface area contributed by atoms with Crippen molar-refractivity contribution in [1.82, 2.24) is 19.9 Å². The number of aliphatic hydroxyl groups is 1. The van der Waals surface area contributed by atoms with Crippen LogP contribution >= 0.6 is 0 Å². The minimum absolute atomic E-state index is 0.467. The summed E-state index contributed by atoms with van der Waals surface area (Å²) in [7, 11) is 0. The molecule has 0 aliphatic heterocycles. The molecule has 0 unspecified atom stereocenters. The van der Waals surface area contributed by atoms with E-state index in [2.05, 4.69) is 15.3 Å². The molecular formula is C18H20N4O2. The molecule has 1 atom stereocenters. The lowest BCUT2D eigenvalue weighted by molar-refractivity contribution is 0.171. The van der Waals surface area contributed by atoms with Gasteiger partial charge in [0, 0.05) is 49.1 Å². The minimum Gasteiger partial charge on any atom is -0.492 e. The molecule has 0 spiro atoms. The summed E-state index contributed by atoms with van der Waals surface area (Å²) in [5.74, 6) is 0.813. The zero-order chi connectivity index (χ0) is 16.6. The molecular weight excluding hydrogens is 304 g/mol. The topological polar surface area (TPSA) is 72.2 Å². The summed E-state index contributed by atoms with van der Waals surface area (Å²) in [5.41, 5.74) is 1.85. The molecule has 124 valence electrons. The van der Waals surface area contributed by atoms with Crippen LogP contribution in [0.25, 0.3) is 5.69 Å². The molecule has 0 radical (unpaired) electrons. The normalized spacial score (nSPS) is 12.0. The van der Waals surface area contributed by atoms with Crippen LogP contribution in [0.4, 0.5) is 0 Å². The van der Waals surface area contributed by atoms with Gasteiger partial charge < -0.3 is 19.7 Å². The minimum atomic E-state index is -0.562. The van der Waals surface area contributed by atoms with Gasteiger partial charge in [-0.25, -0.2) is 4.98 Å². The van der Waals surface area contributed by atoms with E-state index in [0.717, 1.165) is 17.0 Å². The fraction of sp³-hybridized carbons (Fsp3) is 0.222. The lowest BCUT2D eigenvalue weighted by Crippen LogP contribution is -2.26. The van der Waals surface area contributed by atoms with E-state index < -0.39 is 6.10 Å². The number of nitrogens with zero attached hydrogens (tertiary/aromatic N) is 3. The fourth-order valence-corrected chi connectivity index (χ4v) is 2.30. The number of ether oxygens (including phenoxy) is 1.